The van der Waals surface area contributed by atoms with E-state index in [9.17, 15) is 9.90 Å². The Hall–Kier alpha value is -4.43. The minimum atomic E-state index is -0.371. The number of aromatic hydroxyl groups is 1. The van der Waals surface area contributed by atoms with Gasteiger partial charge >= 0.3 is 0 Å². The molecule has 0 bridgehead atoms. The topological polar surface area (TPSA) is 99.6 Å². The molecule has 1 amide bonds. The third-order valence-corrected chi connectivity index (χ3v) is 5.74. The molecule has 0 spiro atoms. The number of anilines is 4. The number of carbonyl (C=O) groups excluding carboxylic acids is 1. The molecule has 0 unspecified atom stereocenters. The van der Waals surface area contributed by atoms with Crippen LogP contribution in [0, 0.1) is 0 Å². The molecule has 176 valence electrons. The first-order valence-corrected chi connectivity index (χ1v) is 11.4. The van der Waals surface area contributed by atoms with Gasteiger partial charge in [0.05, 0.1) is 24.5 Å². The van der Waals surface area contributed by atoms with Gasteiger partial charge in [0, 0.05) is 41.9 Å². The molecule has 5 rings (SSSR count). The van der Waals surface area contributed by atoms with E-state index in [1.54, 1.807) is 36.5 Å². The van der Waals surface area contributed by atoms with Crippen molar-refractivity contribution in [3.05, 3.63) is 90.6 Å². The van der Waals surface area contributed by atoms with E-state index in [0.717, 1.165) is 43.2 Å². The summed E-state index contributed by atoms with van der Waals surface area (Å²) in [4.78, 5) is 23.7. The summed E-state index contributed by atoms with van der Waals surface area (Å²) in [5.74, 6) is 0.0703. The van der Waals surface area contributed by atoms with Crippen molar-refractivity contribution in [3.63, 3.8) is 0 Å². The molecule has 1 fully saturated rings. The van der Waals surface area contributed by atoms with Crippen molar-refractivity contribution in [2.24, 2.45) is 0 Å². The van der Waals surface area contributed by atoms with Crippen LogP contribution < -0.4 is 15.5 Å². The summed E-state index contributed by atoms with van der Waals surface area (Å²) in [6.07, 6.45) is 1.71. The largest absolute Gasteiger partial charge is 0.507 e. The lowest BCUT2D eigenvalue weighted by atomic mass is 10.1. The van der Waals surface area contributed by atoms with Crippen molar-refractivity contribution in [2.75, 3.05) is 41.8 Å². The Morgan fingerprint density at radius 2 is 1.60 bits per heavy atom. The van der Waals surface area contributed by atoms with Crippen molar-refractivity contribution in [1.82, 2.24) is 9.97 Å². The second-order valence-electron chi connectivity index (χ2n) is 8.09. The molecule has 1 saturated heterocycles. The third-order valence-electron chi connectivity index (χ3n) is 5.74. The molecule has 3 aromatic carbocycles. The number of amides is 1. The average Bonchev–Trinajstić information content (AvgIpc) is 2.90. The number of rotatable bonds is 6. The Morgan fingerprint density at radius 3 is 2.34 bits per heavy atom. The number of benzene rings is 3. The minimum Gasteiger partial charge on any atom is -0.507 e. The summed E-state index contributed by atoms with van der Waals surface area (Å²) in [6.45, 7) is 3.31. The van der Waals surface area contributed by atoms with Crippen molar-refractivity contribution >= 4 is 28.9 Å². The van der Waals surface area contributed by atoms with E-state index in [4.69, 9.17) is 4.74 Å². The maximum absolute atomic E-state index is 12.4. The maximum atomic E-state index is 12.4. The number of phenolic OH excluding ortho intramolecular Hbond substituents is 1. The Bertz CT molecular complexity index is 1300. The van der Waals surface area contributed by atoms with Crippen LogP contribution in [0.25, 0.3) is 11.3 Å². The van der Waals surface area contributed by atoms with Crippen LogP contribution in [0.2, 0.25) is 0 Å². The number of para-hydroxylation sites is 1. The molecule has 8 nitrogen and oxygen atoms in total. The molecular formula is C27H25N5O3. The Balaban J connectivity index is 1.25. The SMILES string of the molecule is O=C(Nc1ccc(-c2ccnc(Nc3ccc(N4CCOCC4)cc3)n2)cc1)c1ccccc1O. The first-order chi connectivity index (χ1) is 17.2. The van der Waals surface area contributed by atoms with Crippen molar-refractivity contribution in [3.8, 4) is 17.0 Å². The molecule has 0 atom stereocenters. The smallest absolute Gasteiger partial charge is 0.259 e. The van der Waals surface area contributed by atoms with E-state index in [1.165, 1.54) is 11.8 Å². The molecule has 8 heteroatoms. The zero-order chi connectivity index (χ0) is 24.0. The molecule has 1 aliphatic rings. The van der Waals surface area contributed by atoms with Gasteiger partial charge in [-0.15, -0.1) is 0 Å². The van der Waals surface area contributed by atoms with Crippen molar-refractivity contribution in [2.45, 2.75) is 0 Å². The van der Waals surface area contributed by atoms with Crippen LogP contribution in [0.1, 0.15) is 10.4 Å². The number of phenols is 1. The number of nitrogens with zero attached hydrogens (tertiary/aromatic N) is 3. The number of carbonyl (C=O) groups is 1. The van der Waals surface area contributed by atoms with E-state index >= 15 is 0 Å². The predicted molar refractivity (Wildman–Crippen MR) is 136 cm³/mol. The van der Waals surface area contributed by atoms with Gasteiger partial charge in [-0.2, -0.15) is 0 Å². The van der Waals surface area contributed by atoms with Crippen LogP contribution >= 0.6 is 0 Å². The van der Waals surface area contributed by atoms with Gasteiger partial charge in [-0.3, -0.25) is 4.79 Å². The van der Waals surface area contributed by atoms with Gasteiger partial charge in [-0.1, -0.05) is 24.3 Å². The van der Waals surface area contributed by atoms with Crippen LogP contribution in [-0.4, -0.2) is 47.3 Å². The standard InChI is InChI=1S/C27H25N5O3/c33-25-4-2-1-3-23(25)26(34)29-20-7-5-19(6-8-20)24-13-14-28-27(31-24)30-21-9-11-22(12-10-21)32-15-17-35-18-16-32/h1-14,33H,15-18H2,(H,29,34)(H,28,30,31). The Labute approximate surface area is 203 Å². The van der Waals surface area contributed by atoms with Crippen LogP contribution in [0.15, 0.2) is 85.1 Å². The first-order valence-electron chi connectivity index (χ1n) is 11.4. The molecule has 0 radical (unpaired) electrons. The van der Waals surface area contributed by atoms with E-state index in [2.05, 4.69) is 37.6 Å². The number of ether oxygens (including phenoxy) is 1. The molecule has 3 N–H and O–H groups in total. The van der Waals surface area contributed by atoms with Gasteiger partial charge in [0.2, 0.25) is 5.95 Å². The third kappa shape index (κ3) is 5.39. The van der Waals surface area contributed by atoms with Gasteiger partial charge < -0.3 is 25.4 Å². The van der Waals surface area contributed by atoms with E-state index in [-0.39, 0.29) is 17.2 Å². The molecule has 1 aliphatic heterocycles. The fraction of sp³-hybridized carbons (Fsp3) is 0.148. The lowest BCUT2D eigenvalue weighted by molar-refractivity contribution is 0.102. The van der Waals surface area contributed by atoms with Crippen LogP contribution in [-0.2, 0) is 4.74 Å². The Kier molecular flexibility index (Phi) is 6.54. The molecule has 1 aromatic heterocycles. The lowest BCUT2D eigenvalue weighted by Gasteiger charge is -2.28. The van der Waals surface area contributed by atoms with E-state index < -0.39 is 0 Å². The summed E-state index contributed by atoms with van der Waals surface area (Å²) in [7, 11) is 0. The predicted octanol–water partition coefficient (Wildman–Crippen LogP) is 4.68. The summed E-state index contributed by atoms with van der Waals surface area (Å²) >= 11 is 0. The first kappa shape index (κ1) is 22.4. The maximum Gasteiger partial charge on any atom is 0.259 e. The van der Waals surface area contributed by atoms with E-state index in [1.807, 2.05) is 30.3 Å². The fourth-order valence-electron chi connectivity index (χ4n) is 3.87. The molecule has 4 aromatic rings. The van der Waals surface area contributed by atoms with Crippen molar-refractivity contribution in [1.29, 1.82) is 0 Å². The van der Waals surface area contributed by atoms with Crippen molar-refractivity contribution < 1.29 is 14.6 Å². The highest BCUT2D eigenvalue weighted by molar-refractivity contribution is 6.06. The highest BCUT2D eigenvalue weighted by Crippen LogP contribution is 2.24. The summed E-state index contributed by atoms with van der Waals surface area (Å²) in [6, 6.07) is 23.8. The Morgan fingerprint density at radius 1 is 0.886 bits per heavy atom. The zero-order valence-electron chi connectivity index (χ0n) is 19.0. The monoisotopic (exact) mass is 467 g/mol. The minimum absolute atomic E-state index is 0.0571. The van der Waals surface area contributed by atoms with Gasteiger partial charge in [0.15, 0.2) is 0 Å². The van der Waals surface area contributed by atoms with Gasteiger partial charge in [-0.25, -0.2) is 9.97 Å². The normalized spacial score (nSPS) is 13.3. The quantitative estimate of drug-likeness (QED) is 0.379. The fourth-order valence-corrected chi connectivity index (χ4v) is 3.87. The number of hydrogen-bond acceptors (Lipinski definition) is 7. The summed E-state index contributed by atoms with van der Waals surface area (Å²) in [5, 5.41) is 15.9. The number of aromatic nitrogens is 2. The van der Waals surface area contributed by atoms with Crippen LogP contribution in [0.5, 0.6) is 5.75 Å². The molecular weight excluding hydrogens is 442 g/mol. The number of hydrogen-bond donors (Lipinski definition) is 3. The second kappa shape index (κ2) is 10.2. The van der Waals surface area contributed by atoms with Gasteiger partial charge in [0.1, 0.15) is 5.75 Å². The van der Waals surface area contributed by atoms with Gasteiger partial charge in [0.25, 0.3) is 5.91 Å². The highest BCUT2D eigenvalue weighted by atomic mass is 16.5. The zero-order valence-corrected chi connectivity index (χ0v) is 19.0. The summed E-state index contributed by atoms with van der Waals surface area (Å²) < 4.78 is 5.42. The number of morpholine rings is 1. The second-order valence-corrected chi connectivity index (χ2v) is 8.09. The van der Waals surface area contributed by atoms with E-state index in [0.29, 0.717) is 11.6 Å². The molecule has 0 aliphatic carbocycles. The average molecular weight is 468 g/mol. The number of nitrogens with one attached hydrogen (secondary N) is 2. The van der Waals surface area contributed by atoms with Crippen LogP contribution in [0.3, 0.4) is 0 Å². The molecule has 0 saturated carbocycles. The molecule has 2 heterocycles. The summed E-state index contributed by atoms with van der Waals surface area (Å²) in [5.41, 5.74) is 4.56. The lowest BCUT2D eigenvalue weighted by Crippen LogP contribution is -2.36. The highest BCUT2D eigenvalue weighted by Gasteiger charge is 2.12. The van der Waals surface area contributed by atoms with Crippen LogP contribution in [0.4, 0.5) is 23.0 Å². The molecule has 35 heavy (non-hydrogen) atoms. The van der Waals surface area contributed by atoms with Gasteiger partial charge in [-0.05, 0) is 54.6 Å².